The van der Waals surface area contributed by atoms with Gasteiger partial charge in [-0.2, -0.15) is 0 Å². The van der Waals surface area contributed by atoms with Crippen molar-refractivity contribution in [2.75, 3.05) is 59.3 Å². The van der Waals surface area contributed by atoms with Crippen LogP contribution in [0.5, 0.6) is 0 Å². The number of hydrogen-bond donors (Lipinski definition) is 2. The van der Waals surface area contributed by atoms with Gasteiger partial charge in [-0.05, 0) is 6.92 Å². The maximum Gasteiger partial charge on any atom is 0.222 e. The van der Waals surface area contributed by atoms with E-state index < -0.39 is 12.3 Å². The van der Waals surface area contributed by atoms with Gasteiger partial charge in [0, 0.05) is 18.5 Å². The minimum Gasteiger partial charge on any atom is -0.378 e. The van der Waals surface area contributed by atoms with E-state index in [-0.39, 0.29) is 18.4 Å². The van der Waals surface area contributed by atoms with Gasteiger partial charge in [-0.25, -0.2) is 4.39 Å². The van der Waals surface area contributed by atoms with Gasteiger partial charge in [-0.15, -0.1) is 0 Å². The van der Waals surface area contributed by atoms with Gasteiger partial charge in [0.1, 0.15) is 6.17 Å². The maximum atomic E-state index is 13.9. The Labute approximate surface area is 163 Å². The molecule has 0 aromatic heterocycles. The summed E-state index contributed by atoms with van der Waals surface area (Å²) in [4.78, 5) is 11.4. The summed E-state index contributed by atoms with van der Waals surface area (Å²) >= 11 is 0. The Kier molecular flexibility index (Phi) is 16.8. The Bertz CT molecular complexity index is 359. The van der Waals surface area contributed by atoms with Gasteiger partial charge in [0.2, 0.25) is 5.91 Å². The zero-order valence-electron chi connectivity index (χ0n) is 17.6. The van der Waals surface area contributed by atoms with Crippen LogP contribution in [0.25, 0.3) is 0 Å². The molecule has 162 valence electrons. The molecule has 0 saturated heterocycles. The van der Waals surface area contributed by atoms with Crippen LogP contribution in [0.1, 0.15) is 34.6 Å². The molecule has 0 spiro atoms. The molecule has 0 aliphatic heterocycles. The molecule has 0 saturated carbocycles. The third-order valence-corrected chi connectivity index (χ3v) is 3.66. The van der Waals surface area contributed by atoms with Crippen molar-refractivity contribution in [1.82, 2.24) is 10.6 Å². The Morgan fingerprint density at radius 2 is 1.37 bits per heavy atom. The average molecular weight is 395 g/mol. The molecule has 0 radical (unpaired) electrons. The minimum atomic E-state index is -1.24. The van der Waals surface area contributed by atoms with Crippen LogP contribution < -0.4 is 10.6 Å². The smallest absolute Gasteiger partial charge is 0.222 e. The second-order valence-electron chi connectivity index (χ2n) is 6.94. The van der Waals surface area contributed by atoms with E-state index in [1.165, 1.54) is 0 Å². The fourth-order valence-corrected chi connectivity index (χ4v) is 1.93. The fourth-order valence-electron chi connectivity index (χ4n) is 1.93. The van der Waals surface area contributed by atoms with Crippen LogP contribution in [-0.4, -0.2) is 83.6 Å². The number of rotatable bonds is 18. The summed E-state index contributed by atoms with van der Waals surface area (Å²) in [5.41, 5.74) is 0. The highest BCUT2D eigenvalue weighted by Crippen LogP contribution is 2.03. The van der Waals surface area contributed by atoms with Crippen molar-refractivity contribution >= 4 is 5.91 Å². The molecule has 0 heterocycles. The van der Waals surface area contributed by atoms with Crippen molar-refractivity contribution in [2.24, 2.45) is 5.92 Å². The minimum absolute atomic E-state index is 0.0392. The summed E-state index contributed by atoms with van der Waals surface area (Å²) in [6.07, 6.45) is -1.84. The number of amides is 1. The summed E-state index contributed by atoms with van der Waals surface area (Å²) < 4.78 is 35.4. The van der Waals surface area contributed by atoms with Crippen molar-refractivity contribution in [2.45, 2.75) is 52.9 Å². The second-order valence-corrected chi connectivity index (χ2v) is 6.94. The van der Waals surface area contributed by atoms with E-state index in [9.17, 15) is 9.18 Å². The lowest BCUT2D eigenvalue weighted by Gasteiger charge is -2.18. The highest BCUT2D eigenvalue weighted by molar-refractivity contribution is 5.77. The molecule has 0 fully saturated rings. The lowest BCUT2D eigenvalue weighted by Crippen LogP contribution is -2.38. The van der Waals surface area contributed by atoms with Crippen LogP contribution >= 0.6 is 0 Å². The number of alkyl halides is 1. The Balaban J connectivity index is 3.37. The molecule has 8 heteroatoms. The molecule has 1 amide bonds. The lowest BCUT2D eigenvalue weighted by atomic mass is 10.2. The van der Waals surface area contributed by atoms with Gasteiger partial charge in [-0.3, -0.25) is 4.79 Å². The van der Waals surface area contributed by atoms with Crippen LogP contribution in [0, 0.1) is 5.92 Å². The van der Waals surface area contributed by atoms with Crippen molar-refractivity contribution in [3.63, 3.8) is 0 Å². The molecule has 7 nitrogen and oxygen atoms in total. The summed E-state index contributed by atoms with van der Waals surface area (Å²) in [6.45, 7) is 13.5. The average Bonchev–Trinajstić information content (AvgIpc) is 2.62. The van der Waals surface area contributed by atoms with Gasteiger partial charge < -0.3 is 29.6 Å². The molecule has 0 aliphatic carbocycles. The van der Waals surface area contributed by atoms with E-state index in [2.05, 4.69) is 24.5 Å². The number of carbonyl (C=O) groups is 1. The second kappa shape index (κ2) is 17.3. The van der Waals surface area contributed by atoms with Gasteiger partial charge >= 0.3 is 0 Å². The number of ether oxygens (including phenoxy) is 4. The van der Waals surface area contributed by atoms with E-state index in [1.54, 1.807) is 20.8 Å². The Morgan fingerprint density at radius 3 is 1.89 bits per heavy atom. The van der Waals surface area contributed by atoms with E-state index in [0.29, 0.717) is 52.3 Å². The quantitative estimate of drug-likeness (QED) is 0.344. The SMILES string of the molecule is CC(C)NCCOCCOCCOCCOC(C)C(F)CNC(=O)C(C)C. The number of carbonyl (C=O) groups excluding carboxylic acids is 1. The predicted octanol–water partition coefficient (Wildman–Crippen LogP) is 1.55. The molecular weight excluding hydrogens is 355 g/mol. The van der Waals surface area contributed by atoms with E-state index in [0.717, 1.165) is 6.54 Å². The van der Waals surface area contributed by atoms with Crippen molar-refractivity contribution in [1.29, 1.82) is 0 Å². The normalized spacial score (nSPS) is 13.9. The third kappa shape index (κ3) is 17.1. The van der Waals surface area contributed by atoms with Crippen LogP contribution in [0.2, 0.25) is 0 Å². The van der Waals surface area contributed by atoms with Gasteiger partial charge in [0.15, 0.2) is 0 Å². The van der Waals surface area contributed by atoms with Crippen LogP contribution in [-0.2, 0) is 23.7 Å². The topological polar surface area (TPSA) is 78.1 Å². The monoisotopic (exact) mass is 394 g/mol. The molecule has 2 atom stereocenters. The van der Waals surface area contributed by atoms with Gasteiger partial charge in [-0.1, -0.05) is 27.7 Å². The highest BCUT2D eigenvalue weighted by Gasteiger charge is 2.18. The first kappa shape index (κ1) is 26.2. The van der Waals surface area contributed by atoms with Gasteiger partial charge in [0.25, 0.3) is 0 Å². The summed E-state index contributed by atoms with van der Waals surface area (Å²) in [7, 11) is 0. The zero-order valence-corrected chi connectivity index (χ0v) is 17.6. The predicted molar refractivity (Wildman–Crippen MR) is 104 cm³/mol. The first-order valence-corrected chi connectivity index (χ1v) is 9.84. The molecule has 0 rings (SSSR count). The van der Waals surface area contributed by atoms with E-state index >= 15 is 0 Å². The molecule has 0 aromatic carbocycles. The lowest BCUT2D eigenvalue weighted by molar-refractivity contribution is -0.124. The van der Waals surface area contributed by atoms with Crippen LogP contribution in [0.4, 0.5) is 4.39 Å². The first-order valence-electron chi connectivity index (χ1n) is 9.84. The molecule has 2 N–H and O–H groups in total. The largest absolute Gasteiger partial charge is 0.378 e. The number of nitrogens with one attached hydrogen (secondary N) is 2. The summed E-state index contributed by atoms with van der Waals surface area (Å²) in [5.74, 6) is -0.316. The zero-order chi connectivity index (χ0) is 20.5. The van der Waals surface area contributed by atoms with Crippen LogP contribution in [0.15, 0.2) is 0 Å². The van der Waals surface area contributed by atoms with E-state index in [4.69, 9.17) is 18.9 Å². The molecule has 0 aromatic rings. The molecule has 0 aliphatic rings. The van der Waals surface area contributed by atoms with Crippen molar-refractivity contribution < 1.29 is 28.1 Å². The maximum absolute atomic E-state index is 13.9. The van der Waals surface area contributed by atoms with Crippen molar-refractivity contribution in [3.05, 3.63) is 0 Å². The molecule has 27 heavy (non-hydrogen) atoms. The van der Waals surface area contributed by atoms with Crippen LogP contribution in [0.3, 0.4) is 0 Å². The highest BCUT2D eigenvalue weighted by atomic mass is 19.1. The molecule has 2 unspecified atom stereocenters. The number of hydrogen-bond acceptors (Lipinski definition) is 6. The first-order chi connectivity index (χ1) is 12.8. The van der Waals surface area contributed by atoms with E-state index in [1.807, 2.05) is 0 Å². The third-order valence-electron chi connectivity index (χ3n) is 3.66. The van der Waals surface area contributed by atoms with Crippen molar-refractivity contribution in [3.8, 4) is 0 Å². The molecular formula is C19H39FN2O5. The standard InChI is InChI=1S/C19H39FN2O5/c1-15(2)19(23)22-14-18(20)17(5)27-13-12-26-11-10-25-9-8-24-7-6-21-16(3)4/h15-18,21H,6-14H2,1-5H3,(H,22,23). The van der Waals surface area contributed by atoms with Gasteiger partial charge in [0.05, 0.1) is 58.9 Å². The summed E-state index contributed by atoms with van der Waals surface area (Å²) in [6, 6.07) is 0.468. The Morgan fingerprint density at radius 1 is 0.852 bits per heavy atom. The number of halogens is 1. The molecule has 0 bridgehead atoms. The fraction of sp³-hybridized carbons (Fsp3) is 0.947. The Hall–Kier alpha value is -0.800. The summed E-state index contributed by atoms with van der Waals surface area (Å²) in [5, 5.41) is 5.83.